The summed E-state index contributed by atoms with van der Waals surface area (Å²) in [5.41, 5.74) is 1.21. The molecule has 6 heteroatoms. The van der Waals surface area contributed by atoms with Gasteiger partial charge in [-0.3, -0.25) is 0 Å². The van der Waals surface area contributed by atoms with Crippen molar-refractivity contribution in [2.24, 2.45) is 0 Å². The van der Waals surface area contributed by atoms with Crippen LogP contribution in [0.4, 0.5) is 0 Å². The van der Waals surface area contributed by atoms with Crippen LogP contribution in [-0.2, 0) is 0 Å². The predicted octanol–water partition coefficient (Wildman–Crippen LogP) is 3.14. The summed E-state index contributed by atoms with van der Waals surface area (Å²) >= 11 is 0. The fourth-order valence-electron chi connectivity index (χ4n) is 2.66. The number of phenolic OH excluding ortho intramolecular Hbond substituents is 3. The summed E-state index contributed by atoms with van der Waals surface area (Å²) in [6, 6.07) is 8.99. The molecule has 0 amide bonds. The Morgan fingerprint density at radius 3 is 1.80 bits per heavy atom. The van der Waals surface area contributed by atoms with Crippen LogP contribution < -0.4 is 4.74 Å². The van der Waals surface area contributed by atoms with Gasteiger partial charge in [-0.25, -0.2) is 0 Å². The van der Waals surface area contributed by atoms with E-state index in [-0.39, 0.29) is 17.2 Å². The van der Waals surface area contributed by atoms with Gasteiger partial charge in [0.15, 0.2) is 23.0 Å². The van der Waals surface area contributed by atoms with E-state index in [0.29, 0.717) is 42.6 Å². The van der Waals surface area contributed by atoms with Gasteiger partial charge in [0.25, 0.3) is 0 Å². The Morgan fingerprint density at radius 1 is 0.760 bits per heavy atom. The number of benzene rings is 2. The van der Waals surface area contributed by atoms with Crippen LogP contribution in [-0.4, -0.2) is 32.6 Å². The maximum Gasteiger partial charge on any atom is 0.160 e. The number of phenols is 3. The van der Waals surface area contributed by atoms with Crippen LogP contribution in [0, 0.1) is 0 Å². The Balaban J connectivity index is 1.81. The number of aliphatic hydroxyl groups excluding tert-OH is 2. The first-order chi connectivity index (χ1) is 11.9. The zero-order chi connectivity index (χ0) is 18.4. The van der Waals surface area contributed by atoms with Gasteiger partial charge in [-0.1, -0.05) is 25.0 Å². The zero-order valence-corrected chi connectivity index (χ0v) is 14.1. The number of aliphatic hydroxyl groups is 2. The lowest BCUT2D eigenvalue weighted by molar-refractivity contribution is 0.146. The molecule has 0 radical (unpaired) electrons. The lowest BCUT2D eigenvalue weighted by Gasteiger charge is -2.14. The van der Waals surface area contributed by atoms with Crippen LogP contribution in [0.1, 0.15) is 49.0 Å². The van der Waals surface area contributed by atoms with Gasteiger partial charge < -0.3 is 30.3 Å². The van der Waals surface area contributed by atoms with Crippen molar-refractivity contribution in [3.05, 3.63) is 47.5 Å². The Labute approximate surface area is 146 Å². The van der Waals surface area contributed by atoms with Crippen molar-refractivity contribution in [3.8, 4) is 23.0 Å². The monoisotopic (exact) mass is 348 g/mol. The van der Waals surface area contributed by atoms with Crippen molar-refractivity contribution < 1.29 is 30.3 Å². The number of hydrogen-bond acceptors (Lipinski definition) is 6. The molecule has 136 valence electrons. The Morgan fingerprint density at radius 2 is 1.28 bits per heavy atom. The minimum Gasteiger partial charge on any atom is -0.504 e. The molecule has 0 fully saturated rings. The second kappa shape index (κ2) is 8.60. The van der Waals surface area contributed by atoms with Crippen LogP contribution in [0.15, 0.2) is 36.4 Å². The van der Waals surface area contributed by atoms with Crippen molar-refractivity contribution in [2.75, 3.05) is 7.11 Å². The smallest absolute Gasteiger partial charge is 0.160 e. The van der Waals surface area contributed by atoms with Crippen LogP contribution in [0.2, 0.25) is 0 Å². The first kappa shape index (κ1) is 18.9. The molecule has 2 aromatic carbocycles. The topological polar surface area (TPSA) is 110 Å². The third kappa shape index (κ3) is 5.01. The first-order valence-electron chi connectivity index (χ1n) is 8.17. The average molecular weight is 348 g/mol. The third-order valence-corrected chi connectivity index (χ3v) is 4.18. The van der Waals surface area contributed by atoms with E-state index in [2.05, 4.69) is 0 Å². The molecule has 0 spiro atoms. The summed E-state index contributed by atoms with van der Waals surface area (Å²) in [5.74, 6) is -0.130. The summed E-state index contributed by atoms with van der Waals surface area (Å²) in [7, 11) is 1.45. The second-order valence-corrected chi connectivity index (χ2v) is 6.00. The average Bonchev–Trinajstić information content (AvgIpc) is 2.61. The lowest BCUT2D eigenvalue weighted by atomic mass is 9.99. The van der Waals surface area contributed by atoms with Crippen LogP contribution in [0.5, 0.6) is 23.0 Å². The standard InChI is InChI=1S/C19H24O6/c1-25-19-11-13(7-9-17(19)23)15(21)5-3-2-4-14(20)12-6-8-16(22)18(24)10-12/h6-11,14-15,20-24H,2-5H2,1H3. The molecule has 0 saturated carbocycles. The fourth-order valence-corrected chi connectivity index (χ4v) is 2.66. The number of methoxy groups -OCH3 is 1. The summed E-state index contributed by atoms with van der Waals surface area (Å²) in [4.78, 5) is 0. The molecule has 0 heterocycles. The minimum absolute atomic E-state index is 0.0266. The lowest BCUT2D eigenvalue weighted by Crippen LogP contribution is -2.00. The van der Waals surface area contributed by atoms with Gasteiger partial charge in [0.2, 0.25) is 0 Å². The molecular weight excluding hydrogens is 324 g/mol. The highest BCUT2D eigenvalue weighted by molar-refractivity contribution is 5.42. The summed E-state index contributed by atoms with van der Waals surface area (Å²) in [6.45, 7) is 0. The second-order valence-electron chi connectivity index (χ2n) is 6.00. The van der Waals surface area contributed by atoms with E-state index >= 15 is 0 Å². The third-order valence-electron chi connectivity index (χ3n) is 4.18. The van der Waals surface area contributed by atoms with Gasteiger partial charge in [0.1, 0.15) is 0 Å². The molecule has 0 aliphatic carbocycles. The molecule has 0 saturated heterocycles. The predicted molar refractivity (Wildman–Crippen MR) is 92.8 cm³/mol. The molecule has 25 heavy (non-hydrogen) atoms. The normalized spacial score (nSPS) is 13.4. The maximum atomic E-state index is 10.2. The summed E-state index contributed by atoms with van der Waals surface area (Å²) < 4.78 is 5.03. The summed E-state index contributed by atoms with van der Waals surface area (Å²) in [6.07, 6.45) is 0.972. The highest BCUT2D eigenvalue weighted by atomic mass is 16.5. The van der Waals surface area contributed by atoms with E-state index in [1.54, 1.807) is 18.2 Å². The highest BCUT2D eigenvalue weighted by Gasteiger charge is 2.13. The molecule has 5 N–H and O–H groups in total. The van der Waals surface area contributed by atoms with Gasteiger partial charge in [-0.05, 0) is 48.2 Å². The molecule has 0 aromatic heterocycles. The van der Waals surface area contributed by atoms with E-state index in [9.17, 15) is 25.5 Å². The Bertz CT molecular complexity index is 700. The Hall–Kier alpha value is -2.44. The van der Waals surface area contributed by atoms with E-state index in [4.69, 9.17) is 4.74 Å². The molecule has 2 aromatic rings. The Kier molecular flexibility index (Phi) is 6.50. The number of ether oxygens (including phenoxy) is 1. The van der Waals surface area contributed by atoms with Crippen LogP contribution in [0.25, 0.3) is 0 Å². The molecule has 0 aliphatic heterocycles. The summed E-state index contributed by atoms with van der Waals surface area (Å²) in [5, 5.41) is 48.6. The largest absolute Gasteiger partial charge is 0.504 e. The van der Waals surface area contributed by atoms with Gasteiger partial charge >= 0.3 is 0 Å². The minimum atomic E-state index is -0.739. The highest BCUT2D eigenvalue weighted by Crippen LogP contribution is 2.32. The van der Waals surface area contributed by atoms with E-state index in [1.807, 2.05) is 0 Å². The van der Waals surface area contributed by atoms with Crippen molar-refractivity contribution in [1.82, 2.24) is 0 Å². The maximum absolute atomic E-state index is 10.2. The van der Waals surface area contributed by atoms with Crippen LogP contribution in [0.3, 0.4) is 0 Å². The number of aromatic hydroxyl groups is 3. The van der Waals surface area contributed by atoms with Gasteiger partial charge in [0.05, 0.1) is 19.3 Å². The van der Waals surface area contributed by atoms with Crippen LogP contribution >= 0.6 is 0 Å². The number of unbranched alkanes of at least 4 members (excludes halogenated alkanes) is 1. The van der Waals surface area contributed by atoms with E-state index in [1.165, 1.54) is 25.3 Å². The van der Waals surface area contributed by atoms with E-state index < -0.39 is 12.2 Å². The molecule has 6 nitrogen and oxygen atoms in total. The molecule has 2 atom stereocenters. The molecule has 2 rings (SSSR count). The SMILES string of the molecule is COc1cc(C(O)CCCCC(O)c2ccc(O)c(O)c2)ccc1O. The molecular formula is C19H24O6. The number of rotatable bonds is 8. The van der Waals surface area contributed by atoms with Crippen molar-refractivity contribution in [2.45, 2.75) is 37.9 Å². The quantitative estimate of drug-likeness (QED) is 0.370. The zero-order valence-electron chi connectivity index (χ0n) is 14.1. The van der Waals surface area contributed by atoms with Gasteiger partial charge in [-0.15, -0.1) is 0 Å². The molecule has 0 bridgehead atoms. The van der Waals surface area contributed by atoms with Crippen molar-refractivity contribution in [3.63, 3.8) is 0 Å². The molecule has 2 unspecified atom stereocenters. The fraction of sp³-hybridized carbons (Fsp3) is 0.368. The van der Waals surface area contributed by atoms with Gasteiger partial charge in [0, 0.05) is 0 Å². The number of hydrogen-bond donors (Lipinski definition) is 5. The molecule has 0 aliphatic rings. The van der Waals surface area contributed by atoms with Crippen molar-refractivity contribution >= 4 is 0 Å². The van der Waals surface area contributed by atoms with Crippen molar-refractivity contribution in [1.29, 1.82) is 0 Å². The van der Waals surface area contributed by atoms with E-state index in [0.717, 1.165) is 0 Å². The van der Waals surface area contributed by atoms with Gasteiger partial charge in [-0.2, -0.15) is 0 Å². The first-order valence-corrected chi connectivity index (χ1v) is 8.17.